The summed E-state index contributed by atoms with van der Waals surface area (Å²) in [7, 11) is 0. The molecule has 4 rings (SSSR count). The Hall–Kier alpha value is -3.13. The normalized spacial score (nSPS) is 16.3. The van der Waals surface area contributed by atoms with Crippen LogP contribution in [0.25, 0.3) is 11.0 Å². The Morgan fingerprint density at radius 1 is 1.18 bits per heavy atom. The molecule has 3 aromatic rings. The molecule has 0 bridgehead atoms. The molecule has 0 radical (unpaired) electrons. The minimum Gasteiger partial charge on any atom is -0.327 e. The van der Waals surface area contributed by atoms with E-state index >= 15 is 0 Å². The van der Waals surface area contributed by atoms with E-state index in [0.29, 0.717) is 12.0 Å². The summed E-state index contributed by atoms with van der Waals surface area (Å²) in [6, 6.07) is 16.8. The third-order valence-corrected chi connectivity index (χ3v) is 3.92. The summed E-state index contributed by atoms with van der Waals surface area (Å²) >= 11 is 0. The van der Waals surface area contributed by atoms with Crippen LogP contribution in [0.5, 0.6) is 0 Å². The number of aromatic nitrogens is 2. The van der Waals surface area contributed by atoms with E-state index in [0.717, 1.165) is 22.4 Å². The molecule has 1 N–H and O–H groups in total. The molecule has 106 valence electrons. The predicted molar refractivity (Wildman–Crippen MR) is 81.3 cm³/mol. The highest BCUT2D eigenvalue weighted by atomic mass is 16.2. The van der Waals surface area contributed by atoms with Crippen molar-refractivity contribution in [2.45, 2.75) is 12.5 Å². The van der Waals surface area contributed by atoms with E-state index < -0.39 is 0 Å². The summed E-state index contributed by atoms with van der Waals surface area (Å²) in [6.45, 7) is 0. The van der Waals surface area contributed by atoms with Crippen molar-refractivity contribution in [2.75, 3.05) is 0 Å². The van der Waals surface area contributed by atoms with Crippen LogP contribution in [0.1, 0.15) is 23.0 Å². The fourth-order valence-corrected chi connectivity index (χ4v) is 2.86. The zero-order chi connectivity index (χ0) is 15.1. The lowest BCUT2D eigenvalue weighted by atomic mass is 10.0. The molecule has 2 heterocycles. The van der Waals surface area contributed by atoms with Crippen LogP contribution in [0.2, 0.25) is 0 Å². The first kappa shape index (κ1) is 12.6. The van der Waals surface area contributed by atoms with E-state index in [4.69, 9.17) is 5.26 Å². The molecular weight excluding hydrogens is 276 g/mol. The second-order valence-electron chi connectivity index (χ2n) is 5.31. The van der Waals surface area contributed by atoms with Gasteiger partial charge in [-0.2, -0.15) is 5.26 Å². The minimum atomic E-state index is -0.146. The molecule has 5 nitrogen and oxygen atoms in total. The number of hydrogen-bond acceptors (Lipinski definition) is 3. The van der Waals surface area contributed by atoms with Crippen molar-refractivity contribution in [2.24, 2.45) is 0 Å². The number of hydrogen-bond donors (Lipinski definition) is 1. The fraction of sp³-hybridized carbons (Fsp3) is 0.118. The largest absolute Gasteiger partial charge is 0.328 e. The van der Waals surface area contributed by atoms with Crippen LogP contribution in [0.4, 0.5) is 4.79 Å². The average Bonchev–Trinajstić information content (AvgIpc) is 3.07. The fourth-order valence-electron chi connectivity index (χ4n) is 2.86. The zero-order valence-electron chi connectivity index (χ0n) is 11.7. The third kappa shape index (κ3) is 1.85. The van der Waals surface area contributed by atoms with Crippen LogP contribution < -0.4 is 5.32 Å². The van der Waals surface area contributed by atoms with Crippen LogP contribution in [0.15, 0.2) is 48.5 Å². The van der Waals surface area contributed by atoms with Gasteiger partial charge in [0.25, 0.3) is 0 Å². The molecule has 5 heteroatoms. The lowest BCUT2D eigenvalue weighted by Crippen LogP contribution is -2.22. The highest BCUT2D eigenvalue weighted by Gasteiger charge is 2.31. The Morgan fingerprint density at radius 3 is 2.73 bits per heavy atom. The van der Waals surface area contributed by atoms with Crippen molar-refractivity contribution in [3.8, 4) is 6.07 Å². The maximum absolute atomic E-state index is 12.2. The van der Waals surface area contributed by atoms with E-state index in [2.05, 4.69) is 16.4 Å². The maximum Gasteiger partial charge on any atom is 0.328 e. The second-order valence-corrected chi connectivity index (χ2v) is 5.31. The summed E-state index contributed by atoms with van der Waals surface area (Å²) in [6.07, 6.45) is 0.654. The van der Waals surface area contributed by atoms with Crippen molar-refractivity contribution in [3.05, 3.63) is 65.5 Å². The molecule has 0 saturated carbocycles. The van der Waals surface area contributed by atoms with E-state index in [-0.39, 0.29) is 12.1 Å². The number of carbonyl (C=O) groups excluding carboxylic acids is 1. The molecule has 0 saturated heterocycles. The van der Waals surface area contributed by atoms with Crippen LogP contribution in [0.3, 0.4) is 0 Å². The summed E-state index contributed by atoms with van der Waals surface area (Å²) in [5, 5.41) is 11.8. The first-order chi connectivity index (χ1) is 10.8. The molecule has 1 amide bonds. The number of para-hydroxylation sites is 2. The molecule has 1 aliphatic rings. The molecule has 2 aromatic carbocycles. The van der Waals surface area contributed by atoms with Crippen molar-refractivity contribution < 1.29 is 4.79 Å². The number of rotatable bonds is 2. The van der Waals surface area contributed by atoms with Gasteiger partial charge in [0, 0.05) is 0 Å². The summed E-state index contributed by atoms with van der Waals surface area (Å²) in [5.41, 5.74) is 3.35. The van der Waals surface area contributed by atoms with Crippen molar-refractivity contribution in [1.82, 2.24) is 14.9 Å². The van der Waals surface area contributed by atoms with Crippen molar-refractivity contribution >= 4 is 17.1 Å². The molecule has 1 aliphatic heterocycles. The van der Waals surface area contributed by atoms with Crippen LogP contribution in [-0.4, -0.2) is 15.6 Å². The van der Waals surface area contributed by atoms with Crippen LogP contribution in [0, 0.1) is 11.3 Å². The number of imidazole rings is 1. The summed E-state index contributed by atoms with van der Waals surface area (Å²) in [5.74, 6) is 0.746. The Bertz CT molecular complexity index is 918. The number of nitrogens with one attached hydrogen (secondary N) is 1. The molecule has 1 atom stereocenters. The van der Waals surface area contributed by atoms with Gasteiger partial charge in [0.2, 0.25) is 0 Å². The lowest BCUT2D eigenvalue weighted by Gasteiger charge is -2.08. The maximum atomic E-state index is 12.2. The molecule has 0 spiro atoms. The van der Waals surface area contributed by atoms with Gasteiger partial charge in [-0.15, -0.1) is 0 Å². The van der Waals surface area contributed by atoms with Gasteiger partial charge in [-0.1, -0.05) is 24.3 Å². The molecule has 1 unspecified atom stereocenters. The van der Waals surface area contributed by atoms with Gasteiger partial charge in [-0.05, 0) is 36.2 Å². The predicted octanol–water partition coefficient (Wildman–Crippen LogP) is 2.76. The highest BCUT2D eigenvalue weighted by Crippen LogP contribution is 2.27. The van der Waals surface area contributed by atoms with Crippen molar-refractivity contribution in [3.63, 3.8) is 0 Å². The quantitative estimate of drug-likeness (QED) is 0.788. The van der Waals surface area contributed by atoms with Gasteiger partial charge < -0.3 is 5.32 Å². The number of nitrogens with zero attached hydrogens (tertiary/aromatic N) is 3. The summed E-state index contributed by atoms with van der Waals surface area (Å²) < 4.78 is 1.64. The Kier molecular flexibility index (Phi) is 2.70. The zero-order valence-corrected chi connectivity index (χ0v) is 11.7. The number of nitriles is 1. The SMILES string of the molecule is N#Cc1ccc(CC2NC(=O)n3c2nc2ccccc23)cc1. The topological polar surface area (TPSA) is 70.7 Å². The van der Waals surface area contributed by atoms with E-state index in [1.165, 1.54) is 0 Å². The Balaban J connectivity index is 1.71. The molecule has 1 aromatic heterocycles. The van der Waals surface area contributed by atoms with Crippen molar-refractivity contribution in [1.29, 1.82) is 5.26 Å². The monoisotopic (exact) mass is 288 g/mol. The third-order valence-electron chi connectivity index (χ3n) is 3.92. The van der Waals surface area contributed by atoms with E-state index in [1.807, 2.05) is 36.4 Å². The van der Waals surface area contributed by atoms with Gasteiger partial charge in [-0.25, -0.2) is 14.3 Å². The highest BCUT2D eigenvalue weighted by molar-refractivity contribution is 5.92. The van der Waals surface area contributed by atoms with E-state index in [1.54, 1.807) is 16.7 Å². The van der Waals surface area contributed by atoms with Gasteiger partial charge in [0.05, 0.1) is 28.7 Å². The van der Waals surface area contributed by atoms with Gasteiger partial charge in [-0.3, -0.25) is 0 Å². The molecule has 22 heavy (non-hydrogen) atoms. The number of benzene rings is 2. The smallest absolute Gasteiger partial charge is 0.327 e. The Morgan fingerprint density at radius 2 is 1.95 bits per heavy atom. The summed E-state index contributed by atoms with van der Waals surface area (Å²) in [4.78, 5) is 16.8. The first-order valence-corrected chi connectivity index (χ1v) is 7.03. The van der Waals surface area contributed by atoms with E-state index in [9.17, 15) is 4.79 Å². The number of amides is 1. The van der Waals surface area contributed by atoms with Gasteiger partial charge in [0.1, 0.15) is 5.82 Å². The number of fused-ring (bicyclic) bond motifs is 3. The van der Waals surface area contributed by atoms with Crippen LogP contribution in [-0.2, 0) is 6.42 Å². The minimum absolute atomic E-state index is 0.137. The van der Waals surface area contributed by atoms with Gasteiger partial charge >= 0.3 is 6.03 Å². The second kappa shape index (κ2) is 4.71. The average molecular weight is 288 g/mol. The van der Waals surface area contributed by atoms with Crippen LogP contribution >= 0.6 is 0 Å². The number of carbonyl (C=O) groups is 1. The molecule has 0 aliphatic carbocycles. The first-order valence-electron chi connectivity index (χ1n) is 7.03. The molecular formula is C17H12N4O. The molecule has 0 fully saturated rings. The Labute approximate surface area is 126 Å². The van der Waals surface area contributed by atoms with Gasteiger partial charge in [0.15, 0.2) is 0 Å². The lowest BCUT2D eigenvalue weighted by molar-refractivity contribution is 0.245. The standard InChI is InChI=1S/C17H12N4O/c18-10-12-7-5-11(6-8-12)9-14-16-19-13-3-1-2-4-15(13)21(16)17(22)20-14/h1-8,14H,9H2,(H,20,22).